The maximum atomic E-state index is 13.6. The van der Waals surface area contributed by atoms with Gasteiger partial charge in [-0.05, 0) is 53.1 Å². The summed E-state index contributed by atoms with van der Waals surface area (Å²) >= 11 is 12.2. The summed E-state index contributed by atoms with van der Waals surface area (Å²) in [6.07, 6.45) is 0. The number of ether oxygens (including phenoxy) is 1. The molecule has 8 heteroatoms. The van der Waals surface area contributed by atoms with Crippen LogP contribution in [-0.2, 0) is 22.7 Å². The normalized spacial score (nSPS) is 11.4. The van der Waals surface area contributed by atoms with Crippen LogP contribution < -0.4 is 10.1 Å². The lowest BCUT2D eigenvalue weighted by Crippen LogP contribution is -2.45. The molecule has 0 saturated heterocycles. The molecule has 4 aromatic rings. The van der Waals surface area contributed by atoms with E-state index >= 15 is 0 Å². The van der Waals surface area contributed by atoms with E-state index in [0.29, 0.717) is 26.9 Å². The summed E-state index contributed by atoms with van der Waals surface area (Å²) in [4.78, 5) is 28.7. The molecule has 194 valence electrons. The number of amides is 2. The van der Waals surface area contributed by atoms with Crippen LogP contribution in [0.5, 0.6) is 5.75 Å². The van der Waals surface area contributed by atoms with E-state index in [0.717, 1.165) is 5.56 Å². The molecule has 0 aromatic heterocycles. The summed E-state index contributed by atoms with van der Waals surface area (Å²) in [7, 11) is 0. The SMILES string of the molecule is O=C(NCc1ccc(Cl)cc1)[C@H](c1ccccc1)N(Cc1ccc(F)cc1)C(=O)COc1ccccc1Cl. The van der Waals surface area contributed by atoms with Crippen LogP contribution in [0.25, 0.3) is 0 Å². The van der Waals surface area contributed by atoms with Crippen LogP contribution in [0.3, 0.4) is 0 Å². The van der Waals surface area contributed by atoms with E-state index in [-0.39, 0.29) is 25.6 Å². The molecule has 4 aromatic carbocycles. The van der Waals surface area contributed by atoms with Crippen LogP contribution in [0.2, 0.25) is 10.0 Å². The minimum absolute atomic E-state index is 0.0545. The Balaban J connectivity index is 1.63. The second-order valence-corrected chi connectivity index (χ2v) is 9.37. The van der Waals surface area contributed by atoms with Gasteiger partial charge >= 0.3 is 0 Å². The highest BCUT2D eigenvalue weighted by atomic mass is 35.5. The van der Waals surface area contributed by atoms with Crippen LogP contribution >= 0.6 is 23.2 Å². The molecule has 0 bridgehead atoms. The van der Waals surface area contributed by atoms with Crippen molar-refractivity contribution in [1.82, 2.24) is 10.2 Å². The highest BCUT2D eigenvalue weighted by Crippen LogP contribution is 2.26. The smallest absolute Gasteiger partial charge is 0.261 e. The van der Waals surface area contributed by atoms with Crippen molar-refractivity contribution in [1.29, 1.82) is 0 Å². The zero-order valence-corrected chi connectivity index (χ0v) is 21.8. The Bertz CT molecular complexity index is 1370. The molecule has 0 aliphatic rings. The second-order valence-electron chi connectivity index (χ2n) is 8.52. The number of nitrogens with one attached hydrogen (secondary N) is 1. The van der Waals surface area contributed by atoms with Crippen LogP contribution in [0, 0.1) is 5.82 Å². The van der Waals surface area contributed by atoms with Gasteiger partial charge in [0.15, 0.2) is 6.61 Å². The van der Waals surface area contributed by atoms with Gasteiger partial charge in [0, 0.05) is 18.1 Å². The Morgan fingerprint density at radius 1 is 0.816 bits per heavy atom. The fourth-order valence-corrected chi connectivity index (χ4v) is 4.21. The molecule has 0 unspecified atom stereocenters. The van der Waals surface area contributed by atoms with Gasteiger partial charge in [0.2, 0.25) is 5.91 Å². The number of benzene rings is 4. The van der Waals surface area contributed by atoms with Crippen LogP contribution in [0.15, 0.2) is 103 Å². The second kappa shape index (κ2) is 13.1. The number of para-hydroxylation sites is 1. The summed E-state index contributed by atoms with van der Waals surface area (Å²) in [5.74, 6) is -0.856. The molecule has 1 atom stereocenters. The van der Waals surface area contributed by atoms with E-state index in [1.165, 1.54) is 17.0 Å². The predicted octanol–water partition coefficient (Wildman–Crippen LogP) is 6.60. The maximum absolute atomic E-state index is 13.6. The Morgan fingerprint density at radius 2 is 1.45 bits per heavy atom. The van der Waals surface area contributed by atoms with Gasteiger partial charge in [-0.15, -0.1) is 0 Å². The topological polar surface area (TPSA) is 58.6 Å². The number of carbonyl (C=O) groups excluding carboxylic acids is 2. The molecule has 2 amide bonds. The van der Waals surface area contributed by atoms with Crippen molar-refractivity contribution in [3.8, 4) is 5.75 Å². The zero-order valence-electron chi connectivity index (χ0n) is 20.3. The number of carbonyl (C=O) groups is 2. The number of hydrogen-bond donors (Lipinski definition) is 1. The highest BCUT2D eigenvalue weighted by molar-refractivity contribution is 6.32. The van der Waals surface area contributed by atoms with Crippen molar-refractivity contribution in [2.24, 2.45) is 0 Å². The van der Waals surface area contributed by atoms with E-state index in [1.807, 2.05) is 18.2 Å². The first-order valence-electron chi connectivity index (χ1n) is 11.9. The average Bonchev–Trinajstić information content (AvgIpc) is 2.93. The molecular weight excluding hydrogens is 526 g/mol. The van der Waals surface area contributed by atoms with Crippen LogP contribution in [-0.4, -0.2) is 23.3 Å². The third-order valence-corrected chi connectivity index (χ3v) is 6.39. The molecule has 1 N–H and O–H groups in total. The molecular formula is C30H25Cl2FN2O3. The monoisotopic (exact) mass is 550 g/mol. The van der Waals surface area contributed by atoms with Gasteiger partial charge in [0.25, 0.3) is 5.91 Å². The van der Waals surface area contributed by atoms with Crippen LogP contribution in [0.1, 0.15) is 22.7 Å². The Labute approximate surface area is 230 Å². The van der Waals surface area contributed by atoms with Crippen molar-refractivity contribution in [3.05, 3.63) is 136 Å². The summed E-state index contributed by atoms with van der Waals surface area (Å²) < 4.78 is 19.3. The minimum atomic E-state index is -0.976. The largest absolute Gasteiger partial charge is 0.482 e. The van der Waals surface area contributed by atoms with E-state index in [2.05, 4.69) is 5.32 Å². The van der Waals surface area contributed by atoms with Crippen molar-refractivity contribution in [2.45, 2.75) is 19.1 Å². The van der Waals surface area contributed by atoms with Crippen molar-refractivity contribution in [2.75, 3.05) is 6.61 Å². The quantitative estimate of drug-likeness (QED) is 0.242. The van der Waals surface area contributed by atoms with Crippen molar-refractivity contribution in [3.63, 3.8) is 0 Å². The first-order valence-corrected chi connectivity index (χ1v) is 12.6. The molecule has 0 aliphatic carbocycles. The average molecular weight is 551 g/mol. The van der Waals surface area contributed by atoms with Crippen molar-refractivity contribution >= 4 is 35.0 Å². The molecule has 38 heavy (non-hydrogen) atoms. The fourth-order valence-electron chi connectivity index (χ4n) is 3.89. The van der Waals surface area contributed by atoms with E-state index in [9.17, 15) is 14.0 Å². The molecule has 0 heterocycles. The molecule has 0 radical (unpaired) electrons. The minimum Gasteiger partial charge on any atom is -0.482 e. The lowest BCUT2D eigenvalue weighted by Gasteiger charge is -2.31. The summed E-state index contributed by atoms with van der Waals surface area (Å²) in [6.45, 7) is -0.0499. The standard InChI is InChI=1S/C30H25Cl2FN2O3/c31-24-14-10-21(11-15-24)18-34-30(37)29(23-6-2-1-3-7-23)35(19-22-12-16-25(33)17-13-22)28(36)20-38-27-9-5-4-8-26(27)32/h1-17,29H,18-20H2,(H,34,37)/t29-/m0/s1. The van der Waals surface area contributed by atoms with Gasteiger partial charge < -0.3 is 15.0 Å². The summed E-state index contributed by atoms with van der Waals surface area (Å²) in [6, 6.07) is 27.8. The highest BCUT2D eigenvalue weighted by Gasteiger charge is 2.32. The molecule has 0 saturated carbocycles. The van der Waals surface area contributed by atoms with Gasteiger partial charge in [0.1, 0.15) is 17.6 Å². The maximum Gasteiger partial charge on any atom is 0.261 e. The Kier molecular flexibility index (Phi) is 9.35. The fraction of sp³-hybridized carbons (Fsp3) is 0.133. The Hall–Kier alpha value is -3.87. The van der Waals surface area contributed by atoms with Crippen molar-refractivity contribution < 1.29 is 18.7 Å². The molecule has 4 rings (SSSR count). The number of rotatable bonds is 10. The van der Waals surface area contributed by atoms with Gasteiger partial charge in [-0.2, -0.15) is 0 Å². The predicted molar refractivity (Wildman–Crippen MR) is 146 cm³/mol. The van der Waals surface area contributed by atoms with E-state index < -0.39 is 17.8 Å². The number of nitrogens with zero attached hydrogens (tertiary/aromatic N) is 1. The first kappa shape index (κ1) is 27.2. The number of halogens is 3. The van der Waals surface area contributed by atoms with Gasteiger partial charge in [-0.1, -0.05) is 89.9 Å². The lowest BCUT2D eigenvalue weighted by atomic mass is 10.0. The molecule has 0 fully saturated rings. The lowest BCUT2D eigenvalue weighted by molar-refractivity contribution is -0.143. The summed E-state index contributed by atoms with van der Waals surface area (Å²) in [5, 5.41) is 3.89. The molecule has 0 aliphatic heterocycles. The van der Waals surface area contributed by atoms with Gasteiger partial charge in [0.05, 0.1) is 5.02 Å². The zero-order chi connectivity index (χ0) is 26.9. The molecule has 0 spiro atoms. The summed E-state index contributed by atoms with van der Waals surface area (Å²) in [5.41, 5.74) is 2.13. The van der Waals surface area contributed by atoms with E-state index in [1.54, 1.807) is 72.8 Å². The van der Waals surface area contributed by atoms with Gasteiger partial charge in [-0.3, -0.25) is 9.59 Å². The molecule has 5 nitrogen and oxygen atoms in total. The van der Waals surface area contributed by atoms with Crippen LogP contribution in [0.4, 0.5) is 4.39 Å². The third kappa shape index (κ3) is 7.34. The third-order valence-electron chi connectivity index (χ3n) is 5.83. The van der Waals surface area contributed by atoms with Gasteiger partial charge in [-0.25, -0.2) is 4.39 Å². The first-order chi connectivity index (χ1) is 18.4. The number of hydrogen-bond acceptors (Lipinski definition) is 3. The Morgan fingerprint density at radius 3 is 2.13 bits per heavy atom. The van der Waals surface area contributed by atoms with E-state index in [4.69, 9.17) is 27.9 Å².